The van der Waals surface area contributed by atoms with Gasteiger partial charge in [-0.2, -0.15) is 0 Å². The molecule has 1 aromatic carbocycles. The van der Waals surface area contributed by atoms with Crippen molar-refractivity contribution >= 4 is 17.5 Å². The number of furan rings is 1. The summed E-state index contributed by atoms with van der Waals surface area (Å²) in [5.41, 5.74) is 0.705. The highest BCUT2D eigenvalue weighted by Gasteiger charge is 2.27. The number of rotatable bonds is 3. The summed E-state index contributed by atoms with van der Waals surface area (Å²) in [6.07, 6.45) is 0. The lowest BCUT2D eigenvalue weighted by atomic mass is 10.2. The Labute approximate surface area is 144 Å². The zero-order chi connectivity index (χ0) is 17.2. The molecule has 0 aliphatic carbocycles. The molecule has 0 saturated carbocycles. The summed E-state index contributed by atoms with van der Waals surface area (Å²) in [4.78, 5) is 28.0. The van der Waals surface area contributed by atoms with Gasteiger partial charge in [0.25, 0.3) is 11.8 Å². The van der Waals surface area contributed by atoms with Crippen LogP contribution in [-0.4, -0.2) is 49.6 Å². The molecule has 7 nitrogen and oxygen atoms in total. The normalized spacial score (nSPS) is 17.2. The van der Waals surface area contributed by atoms with Crippen LogP contribution in [0.3, 0.4) is 0 Å². The fourth-order valence-electron chi connectivity index (χ4n) is 2.98. The Kier molecular flexibility index (Phi) is 4.15. The quantitative estimate of drug-likeness (QED) is 0.849. The average molecular weight is 342 g/mol. The number of fused-ring (bicyclic) bond motifs is 1. The van der Waals surface area contributed by atoms with Crippen LogP contribution < -0.4 is 9.64 Å². The number of carbonyl (C=O) groups excluding carboxylic acids is 2. The number of amides is 2. The number of carbonyl (C=O) groups is 2. The fraction of sp³-hybridized carbons (Fsp3) is 0.333. The maximum Gasteiger partial charge on any atom is 0.289 e. The minimum Gasteiger partial charge on any atom is -0.482 e. The standard InChI is InChI=1S/C18H18N2O5/c21-17-12-24-15-4-2-1-3-14(15)20(17)11-13-5-6-16(25-13)18(22)19-7-9-23-10-8-19/h1-6H,7-12H2. The van der Waals surface area contributed by atoms with E-state index < -0.39 is 0 Å². The summed E-state index contributed by atoms with van der Waals surface area (Å²) >= 11 is 0. The van der Waals surface area contributed by atoms with Gasteiger partial charge in [-0.3, -0.25) is 14.5 Å². The minimum atomic E-state index is -0.150. The van der Waals surface area contributed by atoms with E-state index in [9.17, 15) is 9.59 Å². The summed E-state index contributed by atoms with van der Waals surface area (Å²) in [6.45, 7) is 2.46. The molecule has 3 heterocycles. The van der Waals surface area contributed by atoms with Crippen LogP contribution in [0.5, 0.6) is 5.75 Å². The van der Waals surface area contributed by atoms with Crippen LogP contribution in [0.2, 0.25) is 0 Å². The number of para-hydroxylation sites is 2. The molecule has 130 valence electrons. The number of anilines is 1. The smallest absolute Gasteiger partial charge is 0.289 e. The van der Waals surface area contributed by atoms with Crippen LogP contribution in [0.25, 0.3) is 0 Å². The van der Waals surface area contributed by atoms with Gasteiger partial charge in [-0.15, -0.1) is 0 Å². The topological polar surface area (TPSA) is 72.2 Å². The minimum absolute atomic E-state index is 0.00269. The Morgan fingerprint density at radius 3 is 2.72 bits per heavy atom. The van der Waals surface area contributed by atoms with Gasteiger partial charge in [-0.1, -0.05) is 12.1 Å². The van der Waals surface area contributed by atoms with Gasteiger partial charge in [0.2, 0.25) is 0 Å². The second-order valence-corrected chi connectivity index (χ2v) is 5.91. The molecule has 0 atom stereocenters. The molecule has 0 unspecified atom stereocenters. The zero-order valence-corrected chi connectivity index (χ0v) is 13.6. The van der Waals surface area contributed by atoms with E-state index in [0.29, 0.717) is 43.5 Å². The third-order valence-electron chi connectivity index (χ3n) is 4.29. The number of morpholine rings is 1. The first-order chi connectivity index (χ1) is 12.2. The van der Waals surface area contributed by atoms with Gasteiger partial charge in [0.15, 0.2) is 12.4 Å². The van der Waals surface area contributed by atoms with E-state index in [-0.39, 0.29) is 30.7 Å². The second kappa shape index (κ2) is 6.60. The van der Waals surface area contributed by atoms with Crippen molar-refractivity contribution < 1.29 is 23.5 Å². The zero-order valence-electron chi connectivity index (χ0n) is 13.6. The van der Waals surface area contributed by atoms with Crippen molar-refractivity contribution in [1.82, 2.24) is 4.90 Å². The lowest BCUT2D eigenvalue weighted by molar-refractivity contribution is -0.121. The van der Waals surface area contributed by atoms with E-state index in [1.165, 1.54) is 0 Å². The molecule has 1 fully saturated rings. The summed E-state index contributed by atoms with van der Waals surface area (Å²) in [5.74, 6) is 1.21. The molecular weight excluding hydrogens is 324 g/mol. The predicted octanol–water partition coefficient (Wildman–Crippen LogP) is 1.68. The molecule has 0 bridgehead atoms. The maximum atomic E-state index is 12.4. The highest BCUT2D eigenvalue weighted by Crippen LogP contribution is 2.32. The van der Waals surface area contributed by atoms with E-state index >= 15 is 0 Å². The molecule has 1 aromatic heterocycles. The first kappa shape index (κ1) is 15.7. The fourth-order valence-corrected chi connectivity index (χ4v) is 2.98. The van der Waals surface area contributed by atoms with Crippen molar-refractivity contribution in [3.8, 4) is 5.75 Å². The second-order valence-electron chi connectivity index (χ2n) is 5.91. The van der Waals surface area contributed by atoms with Crippen LogP contribution in [0.4, 0.5) is 5.69 Å². The summed E-state index contributed by atoms with van der Waals surface area (Å²) in [5, 5.41) is 0. The third kappa shape index (κ3) is 3.10. The lowest BCUT2D eigenvalue weighted by Gasteiger charge is -2.28. The monoisotopic (exact) mass is 342 g/mol. The number of benzene rings is 1. The van der Waals surface area contributed by atoms with E-state index in [0.717, 1.165) is 0 Å². The van der Waals surface area contributed by atoms with Crippen molar-refractivity contribution in [3.05, 3.63) is 47.9 Å². The molecule has 0 N–H and O–H groups in total. The Balaban J connectivity index is 1.51. The Hall–Kier alpha value is -2.80. The van der Waals surface area contributed by atoms with Crippen LogP contribution in [0, 0.1) is 0 Å². The Morgan fingerprint density at radius 2 is 1.88 bits per heavy atom. The summed E-state index contributed by atoms with van der Waals surface area (Å²) < 4.78 is 16.4. The first-order valence-corrected chi connectivity index (χ1v) is 8.20. The van der Waals surface area contributed by atoms with E-state index in [1.807, 2.05) is 24.3 Å². The number of hydrogen-bond donors (Lipinski definition) is 0. The van der Waals surface area contributed by atoms with Crippen LogP contribution in [-0.2, 0) is 16.1 Å². The van der Waals surface area contributed by atoms with E-state index in [1.54, 1.807) is 21.9 Å². The Morgan fingerprint density at radius 1 is 1.08 bits per heavy atom. The number of nitrogens with zero attached hydrogens (tertiary/aromatic N) is 2. The van der Waals surface area contributed by atoms with E-state index in [4.69, 9.17) is 13.9 Å². The third-order valence-corrected chi connectivity index (χ3v) is 4.29. The molecule has 25 heavy (non-hydrogen) atoms. The maximum absolute atomic E-state index is 12.4. The largest absolute Gasteiger partial charge is 0.482 e. The van der Waals surface area contributed by atoms with Crippen molar-refractivity contribution in [3.63, 3.8) is 0 Å². The summed E-state index contributed by atoms with van der Waals surface area (Å²) in [6, 6.07) is 10.8. The average Bonchev–Trinajstić information content (AvgIpc) is 3.13. The molecule has 2 aliphatic heterocycles. The molecule has 0 radical (unpaired) electrons. The van der Waals surface area contributed by atoms with Gasteiger partial charge in [-0.25, -0.2) is 0 Å². The van der Waals surface area contributed by atoms with Gasteiger partial charge in [0.05, 0.1) is 25.4 Å². The van der Waals surface area contributed by atoms with Crippen molar-refractivity contribution in [2.24, 2.45) is 0 Å². The molecule has 2 aromatic rings. The molecule has 0 spiro atoms. The molecule has 2 amide bonds. The van der Waals surface area contributed by atoms with Gasteiger partial charge in [0, 0.05) is 13.1 Å². The van der Waals surface area contributed by atoms with Crippen molar-refractivity contribution in [1.29, 1.82) is 0 Å². The highest BCUT2D eigenvalue weighted by molar-refractivity contribution is 5.97. The molecule has 4 rings (SSSR count). The van der Waals surface area contributed by atoms with Crippen LogP contribution in [0.15, 0.2) is 40.8 Å². The molecule has 7 heteroatoms. The van der Waals surface area contributed by atoms with Gasteiger partial charge in [-0.05, 0) is 24.3 Å². The van der Waals surface area contributed by atoms with Crippen LogP contribution >= 0.6 is 0 Å². The summed E-state index contributed by atoms with van der Waals surface area (Å²) in [7, 11) is 0. The highest BCUT2D eigenvalue weighted by atomic mass is 16.5. The van der Waals surface area contributed by atoms with Gasteiger partial charge >= 0.3 is 0 Å². The SMILES string of the molecule is O=C(c1ccc(CN2C(=O)COc3ccccc32)o1)N1CCOCC1. The Bertz CT molecular complexity index is 794. The number of ether oxygens (including phenoxy) is 2. The van der Waals surface area contributed by atoms with Gasteiger partial charge < -0.3 is 18.8 Å². The predicted molar refractivity (Wildman–Crippen MR) is 88.6 cm³/mol. The molecular formula is C18H18N2O5. The van der Waals surface area contributed by atoms with Crippen molar-refractivity contribution in [2.45, 2.75) is 6.54 Å². The molecule has 1 saturated heterocycles. The van der Waals surface area contributed by atoms with Crippen molar-refractivity contribution in [2.75, 3.05) is 37.8 Å². The van der Waals surface area contributed by atoms with Gasteiger partial charge in [0.1, 0.15) is 11.5 Å². The number of hydrogen-bond acceptors (Lipinski definition) is 5. The lowest BCUT2D eigenvalue weighted by Crippen LogP contribution is -2.40. The molecule has 2 aliphatic rings. The van der Waals surface area contributed by atoms with Crippen LogP contribution in [0.1, 0.15) is 16.3 Å². The van der Waals surface area contributed by atoms with E-state index in [2.05, 4.69) is 0 Å². The first-order valence-electron chi connectivity index (χ1n) is 8.20.